The van der Waals surface area contributed by atoms with Crippen molar-refractivity contribution in [2.24, 2.45) is 5.41 Å². The number of aromatic carboxylic acids is 1. The van der Waals surface area contributed by atoms with Gasteiger partial charge in [-0.1, -0.05) is 34.4 Å². The van der Waals surface area contributed by atoms with Gasteiger partial charge in [0.2, 0.25) is 0 Å². The first-order valence-corrected chi connectivity index (χ1v) is 14.8. The summed E-state index contributed by atoms with van der Waals surface area (Å²) in [5, 5.41) is 24.8. The molecule has 0 amide bonds. The number of carboxylic acid groups (broad SMARTS) is 1. The lowest BCUT2D eigenvalue weighted by Gasteiger charge is -2.47. The number of pyridine rings is 2. The van der Waals surface area contributed by atoms with Gasteiger partial charge in [-0.2, -0.15) is 0 Å². The zero-order chi connectivity index (χ0) is 29.0. The molecule has 1 saturated heterocycles. The Bertz CT molecular complexity index is 1720. The molecule has 0 unspecified atom stereocenters. The van der Waals surface area contributed by atoms with Gasteiger partial charge in [-0.05, 0) is 61.3 Å². The number of carbonyl (C=O) groups is 1. The van der Waals surface area contributed by atoms with Crippen molar-refractivity contribution in [3.8, 4) is 17.0 Å². The monoisotopic (exact) mass is 606 g/mol. The molecular formula is C31H28Cl2N4O5. The van der Waals surface area contributed by atoms with E-state index in [9.17, 15) is 15.0 Å². The summed E-state index contributed by atoms with van der Waals surface area (Å²) in [6.45, 7) is 1.64. The molecule has 1 aromatic carbocycles. The smallest absolute Gasteiger partial charge is 0.354 e. The summed E-state index contributed by atoms with van der Waals surface area (Å²) in [5.41, 5.74) is 5.22. The van der Waals surface area contributed by atoms with Crippen molar-refractivity contribution in [2.45, 2.75) is 38.0 Å². The lowest BCUT2D eigenvalue weighted by Crippen LogP contribution is -2.42. The van der Waals surface area contributed by atoms with Crippen molar-refractivity contribution in [1.82, 2.24) is 15.1 Å². The van der Waals surface area contributed by atoms with Gasteiger partial charge in [0.25, 0.3) is 0 Å². The van der Waals surface area contributed by atoms with Crippen LogP contribution in [0.25, 0.3) is 27.7 Å². The Morgan fingerprint density at radius 3 is 2.52 bits per heavy atom. The summed E-state index contributed by atoms with van der Waals surface area (Å²) in [7, 11) is 0. The third-order valence-electron chi connectivity index (χ3n) is 8.55. The van der Waals surface area contributed by atoms with Crippen molar-refractivity contribution in [2.75, 3.05) is 31.2 Å². The summed E-state index contributed by atoms with van der Waals surface area (Å²) in [6.07, 6.45) is 10.7. The highest BCUT2D eigenvalue weighted by atomic mass is 35.5. The van der Waals surface area contributed by atoms with Crippen LogP contribution in [-0.4, -0.2) is 57.6 Å². The Kier molecular flexibility index (Phi) is 6.84. The number of halogens is 2. The number of allylic oxidation sites excluding steroid dienone is 2. The Morgan fingerprint density at radius 2 is 1.86 bits per heavy atom. The van der Waals surface area contributed by atoms with E-state index in [1.807, 2.05) is 18.2 Å². The summed E-state index contributed by atoms with van der Waals surface area (Å²) in [6, 6.07) is 7.21. The van der Waals surface area contributed by atoms with Crippen LogP contribution in [0.2, 0.25) is 10.0 Å². The Hall–Kier alpha value is -3.66. The van der Waals surface area contributed by atoms with Crippen molar-refractivity contribution < 1.29 is 24.3 Å². The van der Waals surface area contributed by atoms with Crippen molar-refractivity contribution >= 4 is 51.3 Å². The largest absolute Gasteiger partial charge is 0.490 e. The molecule has 0 atom stereocenters. The maximum absolute atomic E-state index is 11.6. The number of aliphatic hydroxyl groups is 1. The molecule has 1 aliphatic heterocycles. The number of benzene rings is 1. The Labute approximate surface area is 251 Å². The van der Waals surface area contributed by atoms with Crippen LogP contribution < -0.4 is 9.64 Å². The molecule has 0 radical (unpaired) electrons. The minimum absolute atomic E-state index is 0.0687. The number of piperidine rings is 1. The SMILES string of the molecule is O=C(O)c1cc(OCCO)c2cc(N3CCC4(C=C(c5c(-c6c(Cl)cncc6Cl)noc5C5CC5)C4)CC3)ccc2n1. The molecule has 2 fully saturated rings. The zero-order valence-electron chi connectivity index (χ0n) is 22.6. The number of aliphatic hydroxyl groups excluding tert-OH is 1. The number of hydrogen-bond donors (Lipinski definition) is 2. The number of carboxylic acids is 1. The van der Waals surface area contributed by atoms with E-state index in [2.05, 4.69) is 26.1 Å². The van der Waals surface area contributed by atoms with E-state index in [1.165, 1.54) is 11.6 Å². The first-order valence-electron chi connectivity index (χ1n) is 14.0. The van der Waals surface area contributed by atoms with Crippen LogP contribution in [0.3, 0.4) is 0 Å². The standard InChI is InChI=1S/C31H28Cl2N4O5/c32-21-15-34-16-22(33)27(21)28-26(29(42-36-28)17-1-2-17)18-13-31(14-18)5-7-37(8-6-31)19-3-4-23-20(11-19)25(41-10-9-38)12-24(35-23)30(39)40/h3-4,11-13,15-17,38H,1-2,5-10,14H2,(H,39,40). The highest BCUT2D eigenvalue weighted by molar-refractivity contribution is 6.39. The fraction of sp³-hybridized carbons (Fsp3) is 0.355. The van der Waals surface area contributed by atoms with E-state index < -0.39 is 5.97 Å². The second kappa shape index (κ2) is 10.6. The topological polar surface area (TPSA) is 122 Å². The van der Waals surface area contributed by atoms with Gasteiger partial charge >= 0.3 is 5.97 Å². The van der Waals surface area contributed by atoms with Gasteiger partial charge in [-0.3, -0.25) is 4.98 Å². The molecule has 4 heterocycles. The van der Waals surface area contributed by atoms with Gasteiger partial charge < -0.3 is 24.4 Å². The van der Waals surface area contributed by atoms with Gasteiger partial charge in [0.1, 0.15) is 23.8 Å². The van der Waals surface area contributed by atoms with Crippen LogP contribution in [0.5, 0.6) is 5.75 Å². The third-order valence-corrected chi connectivity index (χ3v) is 9.12. The van der Waals surface area contributed by atoms with E-state index in [0.29, 0.717) is 38.5 Å². The van der Waals surface area contributed by atoms with Crippen molar-refractivity contribution in [3.05, 3.63) is 69.8 Å². The van der Waals surface area contributed by atoms with E-state index in [4.69, 9.17) is 32.5 Å². The van der Waals surface area contributed by atoms with Crippen LogP contribution in [0, 0.1) is 5.41 Å². The molecule has 1 spiro atoms. The van der Waals surface area contributed by atoms with Gasteiger partial charge in [0, 0.05) is 59.7 Å². The summed E-state index contributed by atoms with van der Waals surface area (Å²) in [4.78, 5) is 22.3. The second-order valence-electron chi connectivity index (χ2n) is 11.3. The van der Waals surface area contributed by atoms with Crippen LogP contribution in [0.1, 0.15) is 59.8 Å². The van der Waals surface area contributed by atoms with E-state index in [-0.39, 0.29) is 24.3 Å². The Balaban J connectivity index is 1.13. The molecule has 0 bridgehead atoms. The van der Waals surface area contributed by atoms with E-state index in [1.54, 1.807) is 12.4 Å². The molecule has 1 saturated carbocycles. The van der Waals surface area contributed by atoms with Gasteiger partial charge in [-0.15, -0.1) is 0 Å². The number of rotatable bonds is 8. The molecule has 2 N–H and O–H groups in total. The van der Waals surface area contributed by atoms with Crippen LogP contribution in [0.4, 0.5) is 5.69 Å². The van der Waals surface area contributed by atoms with Gasteiger partial charge in [0.15, 0.2) is 5.69 Å². The molecule has 3 aromatic heterocycles. The third kappa shape index (κ3) is 4.79. The molecule has 9 nitrogen and oxygen atoms in total. The normalized spacial score (nSPS) is 17.8. The molecule has 11 heteroatoms. The average Bonchev–Trinajstić information content (AvgIpc) is 3.73. The summed E-state index contributed by atoms with van der Waals surface area (Å²) < 4.78 is 11.6. The first kappa shape index (κ1) is 27.2. The highest BCUT2D eigenvalue weighted by Crippen LogP contribution is 2.56. The van der Waals surface area contributed by atoms with Gasteiger partial charge in [0.05, 0.1) is 22.2 Å². The molecule has 42 heavy (non-hydrogen) atoms. The minimum Gasteiger partial charge on any atom is -0.490 e. The maximum Gasteiger partial charge on any atom is 0.354 e. The van der Waals surface area contributed by atoms with Crippen LogP contribution in [0.15, 0.2) is 47.3 Å². The van der Waals surface area contributed by atoms with Crippen LogP contribution in [-0.2, 0) is 0 Å². The lowest BCUT2D eigenvalue weighted by atomic mass is 9.63. The molecular weight excluding hydrogens is 579 g/mol. The molecule has 216 valence electrons. The fourth-order valence-corrected chi connectivity index (χ4v) is 6.77. The molecule has 3 aliphatic rings. The zero-order valence-corrected chi connectivity index (χ0v) is 24.2. The number of nitrogens with zero attached hydrogens (tertiary/aromatic N) is 4. The maximum atomic E-state index is 11.6. The summed E-state index contributed by atoms with van der Waals surface area (Å²) >= 11 is 13.0. The van der Waals surface area contributed by atoms with E-state index in [0.717, 1.165) is 67.6 Å². The van der Waals surface area contributed by atoms with Crippen molar-refractivity contribution in [1.29, 1.82) is 0 Å². The quantitative estimate of drug-likeness (QED) is 0.228. The minimum atomic E-state index is -1.13. The molecule has 2 aliphatic carbocycles. The first-order chi connectivity index (χ1) is 20.4. The summed E-state index contributed by atoms with van der Waals surface area (Å²) in [5.74, 6) is 0.597. The highest BCUT2D eigenvalue weighted by Gasteiger charge is 2.44. The number of aromatic nitrogens is 3. The predicted molar refractivity (Wildman–Crippen MR) is 159 cm³/mol. The fourth-order valence-electron chi connectivity index (χ4n) is 6.22. The average molecular weight is 607 g/mol. The number of ether oxygens (including phenoxy) is 1. The molecule has 7 rings (SSSR count). The Morgan fingerprint density at radius 1 is 1.12 bits per heavy atom. The lowest BCUT2D eigenvalue weighted by molar-refractivity contribution is 0.0690. The number of anilines is 1. The number of hydrogen-bond acceptors (Lipinski definition) is 8. The van der Waals surface area contributed by atoms with Gasteiger partial charge in [-0.25, -0.2) is 9.78 Å². The molecule has 4 aromatic rings. The van der Waals surface area contributed by atoms with E-state index >= 15 is 0 Å². The number of fused-ring (bicyclic) bond motifs is 1. The second-order valence-corrected chi connectivity index (χ2v) is 12.1. The van der Waals surface area contributed by atoms with Crippen molar-refractivity contribution in [3.63, 3.8) is 0 Å². The van der Waals surface area contributed by atoms with Crippen LogP contribution >= 0.6 is 23.2 Å². The predicted octanol–water partition coefficient (Wildman–Crippen LogP) is 6.61.